The standard InChI is InChI=1S/C12H14F3NOS.ClH/c13-12(14,15)18-8-4-5-10(17)9(6-8)11(16)7-2-1-3-7;/h4-7,11,17H,1-3,16H2;1H/t11-;/m0./s1. The molecule has 0 saturated heterocycles. The first-order valence-electron chi connectivity index (χ1n) is 5.71. The average molecular weight is 314 g/mol. The second-order valence-electron chi connectivity index (χ2n) is 4.49. The monoisotopic (exact) mass is 313 g/mol. The Hall–Kier alpha value is -0.590. The molecular weight excluding hydrogens is 299 g/mol. The largest absolute Gasteiger partial charge is 0.508 e. The topological polar surface area (TPSA) is 46.2 Å². The summed E-state index contributed by atoms with van der Waals surface area (Å²) in [6.07, 6.45) is 3.03. The number of alkyl halides is 3. The second-order valence-corrected chi connectivity index (χ2v) is 5.62. The molecule has 0 bridgehead atoms. The van der Waals surface area contributed by atoms with Gasteiger partial charge in [-0.05, 0) is 48.7 Å². The predicted molar refractivity (Wildman–Crippen MR) is 71.5 cm³/mol. The van der Waals surface area contributed by atoms with E-state index >= 15 is 0 Å². The van der Waals surface area contributed by atoms with Gasteiger partial charge in [-0.3, -0.25) is 0 Å². The smallest absolute Gasteiger partial charge is 0.446 e. The van der Waals surface area contributed by atoms with Crippen molar-refractivity contribution in [3.05, 3.63) is 23.8 Å². The van der Waals surface area contributed by atoms with Gasteiger partial charge in [-0.2, -0.15) is 13.2 Å². The predicted octanol–water partition coefficient (Wildman–Crippen LogP) is 4.23. The molecule has 1 aromatic rings. The number of phenolic OH excluding ortho intramolecular Hbond substituents is 1. The zero-order chi connectivity index (χ0) is 13.3. The highest BCUT2D eigenvalue weighted by atomic mass is 35.5. The lowest BCUT2D eigenvalue weighted by Gasteiger charge is -2.31. The number of aromatic hydroxyl groups is 1. The summed E-state index contributed by atoms with van der Waals surface area (Å²) in [7, 11) is 0. The molecule has 0 aliphatic heterocycles. The molecule has 19 heavy (non-hydrogen) atoms. The van der Waals surface area contributed by atoms with E-state index in [1.54, 1.807) is 0 Å². The molecular formula is C12H15ClF3NOS. The first-order chi connectivity index (χ1) is 8.37. The number of benzene rings is 1. The highest BCUT2D eigenvalue weighted by Crippen LogP contribution is 2.42. The molecule has 0 amide bonds. The molecule has 0 heterocycles. The third-order valence-electron chi connectivity index (χ3n) is 3.25. The normalized spacial score (nSPS) is 17.5. The van der Waals surface area contributed by atoms with Crippen LogP contribution in [0.4, 0.5) is 13.2 Å². The maximum atomic E-state index is 12.3. The molecule has 2 rings (SSSR count). The number of hydrogen-bond donors (Lipinski definition) is 2. The minimum Gasteiger partial charge on any atom is -0.508 e. The molecule has 7 heteroatoms. The lowest BCUT2D eigenvalue weighted by Crippen LogP contribution is -2.26. The van der Waals surface area contributed by atoms with Crippen molar-refractivity contribution in [2.75, 3.05) is 0 Å². The molecule has 1 atom stereocenters. The van der Waals surface area contributed by atoms with E-state index in [1.807, 2.05) is 0 Å². The van der Waals surface area contributed by atoms with Gasteiger partial charge in [-0.1, -0.05) is 6.42 Å². The number of halogens is 4. The van der Waals surface area contributed by atoms with E-state index in [9.17, 15) is 18.3 Å². The third-order valence-corrected chi connectivity index (χ3v) is 3.97. The van der Waals surface area contributed by atoms with Gasteiger partial charge in [0.2, 0.25) is 0 Å². The second kappa shape index (κ2) is 6.24. The van der Waals surface area contributed by atoms with Crippen molar-refractivity contribution in [2.24, 2.45) is 11.7 Å². The van der Waals surface area contributed by atoms with E-state index in [0.717, 1.165) is 19.3 Å². The molecule has 2 nitrogen and oxygen atoms in total. The van der Waals surface area contributed by atoms with E-state index in [1.165, 1.54) is 18.2 Å². The van der Waals surface area contributed by atoms with E-state index in [-0.39, 0.29) is 46.8 Å². The van der Waals surface area contributed by atoms with E-state index in [0.29, 0.717) is 5.56 Å². The summed E-state index contributed by atoms with van der Waals surface area (Å²) in [6, 6.07) is 3.50. The van der Waals surface area contributed by atoms with Crippen LogP contribution in [-0.2, 0) is 0 Å². The summed E-state index contributed by atoms with van der Waals surface area (Å²) < 4.78 is 36.8. The zero-order valence-corrected chi connectivity index (χ0v) is 11.6. The fraction of sp³-hybridized carbons (Fsp3) is 0.500. The Morgan fingerprint density at radius 2 is 1.95 bits per heavy atom. The van der Waals surface area contributed by atoms with Gasteiger partial charge in [0.1, 0.15) is 5.75 Å². The van der Waals surface area contributed by atoms with Crippen molar-refractivity contribution in [2.45, 2.75) is 35.7 Å². The van der Waals surface area contributed by atoms with E-state index in [2.05, 4.69) is 0 Å². The molecule has 1 aliphatic carbocycles. The van der Waals surface area contributed by atoms with Gasteiger partial charge in [-0.15, -0.1) is 12.4 Å². The fourth-order valence-corrected chi connectivity index (χ4v) is 2.64. The number of phenols is 1. The molecule has 0 aromatic heterocycles. The Balaban J connectivity index is 0.00000180. The van der Waals surface area contributed by atoms with Gasteiger partial charge in [0.15, 0.2) is 0 Å². The highest BCUT2D eigenvalue weighted by molar-refractivity contribution is 8.00. The lowest BCUT2D eigenvalue weighted by molar-refractivity contribution is -0.0328. The van der Waals surface area contributed by atoms with E-state index < -0.39 is 5.51 Å². The fourth-order valence-electron chi connectivity index (χ4n) is 2.05. The Labute approximate surface area is 120 Å². The zero-order valence-electron chi connectivity index (χ0n) is 9.98. The Morgan fingerprint density at radius 1 is 1.32 bits per heavy atom. The van der Waals surface area contributed by atoms with Crippen LogP contribution in [0.2, 0.25) is 0 Å². The number of rotatable bonds is 3. The van der Waals surface area contributed by atoms with E-state index in [4.69, 9.17) is 5.73 Å². The van der Waals surface area contributed by atoms with Crippen molar-refractivity contribution >= 4 is 24.2 Å². The van der Waals surface area contributed by atoms with Crippen LogP contribution in [0.15, 0.2) is 23.1 Å². The summed E-state index contributed by atoms with van der Waals surface area (Å²) in [5.74, 6) is 0.239. The Bertz CT molecular complexity index is 437. The van der Waals surface area contributed by atoms with Crippen molar-refractivity contribution in [3.63, 3.8) is 0 Å². The molecule has 1 aliphatic rings. The van der Waals surface area contributed by atoms with Crippen molar-refractivity contribution in [1.82, 2.24) is 0 Å². The van der Waals surface area contributed by atoms with Gasteiger partial charge in [0, 0.05) is 16.5 Å². The highest BCUT2D eigenvalue weighted by Gasteiger charge is 2.31. The van der Waals surface area contributed by atoms with Crippen molar-refractivity contribution < 1.29 is 18.3 Å². The third kappa shape index (κ3) is 4.19. The van der Waals surface area contributed by atoms with Gasteiger partial charge >= 0.3 is 5.51 Å². The molecule has 1 saturated carbocycles. The van der Waals surface area contributed by atoms with Crippen LogP contribution < -0.4 is 5.73 Å². The quantitative estimate of drug-likeness (QED) is 0.821. The van der Waals surface area contributed by atoms with Crippen LogP contribution in [0.1, 0.15) is 30.9 Å². The van der Waals surface area contributed by atoms with Gasteiger partial charge in [0.05, 0.1) is 0 Å². The first-order valence-corrected chi connectivity index (χ1v) is 6.53. The Kier molecular flexibility index (Phi) is 5.41. The van der Waals surface area contributed by atoms with Crippen molar-refractivity contribution in [3.8, 4) is 5.75 Å². The van der Waals surface area contributed by atoms with Crippen LogP contribution in [0.5, 0.6) is 5.75 Å². The minimum absolute atomic E-state index is 0. The van der Waals surface area contributed by atoms with Crippen molar-refractivity contribution in [1.29, 1.82) is 0 Å². The van der Waals surface area contributed by atoms with Crippen LogP contribution >= 0.6 is 24.2 Å². The molecule has 0 spiro atoms. The number of thioether (sulfide) groups is 1. The first kappa shape index (κ1) is 16.5. The summed E-state index contributed by atoms with van der Waals surface area (Å²) in [4.78, 5) is 0.0603. The minimum atomic E-state index is -4.32. The summed E-state index contributed by atoms with van der Waals surface area (Å²) >= 11 is -0.188. The molecule has 1 fully saturated rings. The van der Waals surface area contributed by atoms with Gasteiger partial charge in [-0.25, -0.2) is 0 Å². The van der Waals surface area contributed by atoms with Gasteiger partial charge in [0.25, 0.3) is 0 Å². The lowest BCUT2D eigenvalue weighted by atomic mass is 9.77. The Morgan fingerprint density at radius 3 is 2.42 bits per heavy atom. The SMILES string of the molecule is Cl.N[C@H](c1cc(SC(F)(F)F)ccc1O)C1CCC1. The van der Waals surface area contributed by atoms with Crippen LogP contribution in [-0.4, -0.2) is 10.6 Å². The molecule has 0 unspecified atom stereocenters. The molecule has 0 radical (unpaired) electrons. The average Bonchev–Trinajstić information content (AvgIpc) is 2.16. The van der Waals surface area contributed by atoms with Crippen LogP contribution in [0.25, 0.3) is 0 Å². The summed E-state index contributed by atoms with van der Waals surface area (Å²) in [5, 5.41) is 9.70. The maximum absolute atomic E-state index is 12.3. The summed E-state index contributed by atoms with van der Waals surface area (Å²) in [6.45, 7) is 0. The molecule has 108 valence electrons. The van der Waals surface area contributed by atoms with Gasteiger partial charge < -0.3 is 10.8 Å². The van der Waals surface area contributed by atoms with Crippen LogP contribution in [0, 0.1) is 5.92 Å². The summed E-state index contributed by atoms with van der Waals surface area (Å²) in [5.41, 5.74) is 2.07. The molecule has 3 N–H and O–H groups in total. The number of nitrogens with two attached hydrogens (primary N) is 1. The molecule has 1 aromatic carbocycles. The number of hydrogen-bond acceptors (Lipinski definition) is 3. The maximum Gasteiger partial charge on any atom is 0.446 e. The van der Waals surface area contributed by atoms with Crippen LogP contribution in [0.3, 0.4) is 0 Å².